The van der Waals surface area contributed by atoms with Crippen LogP contribution in [0.3, 0.4) is 0 Å². The first kappa shape index (κ1) is 31.0. The molecule has 3 N–H and O–H groups in total. The molecule has 41 heavy (non-hydrogen) atoms. The Bertz CT molecular complexity index is 1400. The van der Waals surface area contributed by atoms with Crippen molar-refractivity contribution in [3.8, 4) is 0 Å². The number of alkyl halides is 3. The van der Waals surface area contributed by atoms with Gasteiger partial charge in [0.15, 0.2) is 0 Å². The smallest absolute Gasteiger partial charge is 0.379 e. The molecule has 0 bridgehead atoms. The molecule has 1 saturated heterocycles. The number of aromatic nitrogens is 2. The molecule has 0 spiro atoms. The van der Waals surface area contributed by atoms with Crippen molar-refractivity contribution >= 4 is 57.9 Å². The SMILES string of the molecule is CCc1cnc(NCCN2CCOCC2)c(Cl)c1C(=O)NCc1ncc(C(=O)Nc2ccc(Cl)c(C(F)(F)F)c2)s1. The van der Waals surface area contributed by atoms with E-state index in [1.807, 2.05) is 6.92 Å². The van der Waals surface area contributed by atoms with Crippen LogP contribution >= 0.6 is 34.5 Å². The van der Waals surface area contributed by atoms with Gasteiger partial charge in [0.1, 0.15) is 15.7 Å². The van der Waals surface area contributed by atoms with Crippen LogP contribution in [0.2, 0.25) is 10.0 Å². The summed E-state index contributed by atoms with van der Waals surface area (Å²) in [5.41, 5.74) is -0.146. The second-order valence-corrected chi connectivity index (χ2v) is 10.9. The van der Waals surface area contributed by atoms with Gasteiger partial charge in [-0.15, -0.1) is 11.3 Å². The lowest BCUT2D eigenvalue weighted by Crippen LogP contribution is -2.39. The fourth-order valence-electron chi connectivity index (χ4n) is 4.07. The highest BCUT2D eigenvalue weighted by molar-refractivity contribution is 7.13. The molecule has 3 heterocycles. The minimum Gasteiger partial charge on any atom is -0.379 e. The van der Waals surface area contributed by atoms with Gasteiger partial charge < -0.3 is 20.7 Å². The normalized spacial score (nSPS) is 14.1. The highest BCUT2D eigenvalue weighted by Crippen LogP contribution is 2.36. The van der Waals surface area contributed by atoms with Crippen LogP contribution in [0.25, 0.3) is 0 Å². The van der Waals surface area contributed by atoms with Crippen molar-refractivity contribution in [3.05, 3.63) is 67.2 Å². The van der Waals surface area contributed by atoms with Crippen LogP contribution in [0, 0.1) is 0 Å². The van der Waals surface area contributed by atoms with Crippen molar-refractivity contribution < 1.29 is 27.5 Å². The first-order chi connectivity index (χ1) is 19.6. The van der Waals surface area contributed by atoms with Gasteiger partial charge in [0.2, 0.25) is 0 Å². The van der Waals surface area contributed by atoms with Crippen molar-refractivity contribution in [1.29, 1.82) is 0 Å². The third kappa shape index (κ3) is 8.07. The molecule has 2 amide bonds. The van der Waals surface area contributed by atoms with Gasteiger partial charge in [0.05, 0.1) is 47.1 Å². The number of hydrogen-bond donors (Lipinski definition) is 3. The fourth-order valence-corrected chi connectivity index (χ4v) is 5.37. The first-order valence-corrected chi connectivity index (χ1v) is 14.3. The maximum absolute atomic E-state index is 13.1. The van der Waals surface area contributed by atoms with Crippen molar-refractivity contribution in [3.63, 3.8) is 0 Å². The van der Waals surface area contributed by atoms with E-state index in [4.69, 9.17) is 27.9 Å². The average Bonchev–Trinajstić information content (AvgIpc) is 3.43. The van der Waals surface area contributed by atoms with Crippen LogP contribution in [-0.2, 0) is 23.9 Å². The number of pyridine rings is 1. The number of rotatable bonds is 10. The molecule has 1 aromatic carbocycles. The van der Waals surface area contributed by atoms with E-state index in [2.05, 4.69) is 30.8 Å². The number of benzene rings is 1. The lowest BCUT2D eigenvalue weighted by molar-refractivity contribution is -0.137. The molecule has 0 unspecified atom stereocenters. The number of ether oxygens (including phenoxy) is 1. The van der Waals surface area contributed by atoms with E-state index >= 15 is 0 Å². The molecule has 1 aliphatic heterocycles. The van der Waals surface area contributed by atoms with Gasteiger partial charge in [-0.05, 0) is 30.2 Å². The molecule has 9 nitrogen and oxygen atoms in total. The average molecular weight is 632 g/mol. The molecule has 15 heteroatoms. The minimum absolute atomic E-state index is 0.0115. The molecule has 220 valence electrons. The molecule has 4 rings (SSSR count). The van der Waals surface area contributed by atoms with Crippen molar-refractivity contribution in [2.24, 2.45) is 0 Å². The third-order valence-electron chi connectivity index (χ3n) is 6.24. The number of aryl methyl sites for hydroxylation is 1. The van der Waals surface area contributed by atoms with Crippen LogP contribution < -0.4 is 16.0 Å². The fraction of sp³-hybridized carbons (Fsp3) is 0.385. The lowest BCUT2D eigenvalue weighted by atomic mass is 10.1. The summed E-state index contributed by atoms with van der Waals surface area (Å²) < 4.78 is 44.7. The van der Waals surface area contributed by atoms with E-state index in [0.29, 0.717) is 48.1 Å². The van der Waals surface area contributed by atoms with E-state index in [1.54, 1.807) is 6.20 Å². The Hall–Kier alpha value is -2.97. The molecule has 1 aliphatic rings. The molecule has 0 aliphatic carbocycles. The molecule has 0 saturated carbocycles. The number of morpholine rings is 1. The number of anilines is 2. The van der Waals surface area contributed by atoms with E-state index in [-0.39, 0.29) is 22.1 Å². The summed E-state index contributed by atoms with van der Waals surface area (Å²) in [6.45, 7) is 6.38. The summed E-state index contributed by atoms with van der Waals surface area (Å²) in [5, 5.41) is 8.55. The Morgan fingerprint density at radius 2 is 1.88 bits per heavy atom. The van der Waals surface area contributed by atoms with Crippen LogP contribution in [0.15, 0.2) is 30.6 Å². The number of thiazole rings is 1. The summed E-state index contributed by atoms with van der Waals surface area (Å²) in [6.07, 6.45) is -1.23. The molecule has 3 aromatic rings. The topological polar surface area (TPSA) is 108 Å². The number of nitrogens with one attached hydrogen (secondary N) is 3. The van der Waals surface area contributed by atoms with Crippen molar-refractivity contribution in [2.45, 2.75) is 26.1 Å². The van der Waals surface area contributed by atoms with Gasteiger partial charge in [-0.2, -0.15) is 13.2 Å². The zero-order valence-corrected chi connectivity index (χ0v) is 24.2. The van der Waals surface area contributed by atoms with Crippen LogP contribution in [-0.4, -0.2) is 66.1 Å². The van der Waals surface area contributed by atoms with Gasteiger partial charge in [0, 0.05) is 38.1 Å². The molecule has 2 aromatic heterocycles. The van der Waals surface area contributed by atoms with Gasteiger partial charge in [-0.3, -0.25) is 14.5 Å². The number of nitrogens with zero attached hydrogens (tertiary/aromatic N) is 3. The van der Waals surface area contributed by atoms with E-state index in [9.17, 15) is 22.8 Å². The van der Waals surface area contributed by atoms with Crippen molar-refractivity contribution in [2.75, 3.05) is 50.0 Å². The van der Waals surface area contributed by atoms with Gasteiger partial charge >= 0.3 is 6.18 Å². The monoisotopic (exact) mass is 630 g/mol. The first-order valence-electron chi connectivity index (χ1n) is 12.7. The molecule has 0 radical (unpaired) electrons. The van der Waals surface area contributed by atoms with Gasteiger partial charge in [-0.1, -0.05) is 30.1 Å². The lowest BCUT2D eigenvalue weighted by Gasteiger charge is -2.26. The summed E-state index contributed by atoms with van der Waals surface area (Å²) in [5.74, 6) is -0.660. The quantitative estimate of drug-likeness (QED) is 0.277. The second-order valence-electron chi connectivity index (χ2n) is 9.00. The Morgan fingerprint density at radius 1 is 1.12 bits per heavy atom. The van der Waals surface area contributed by atoms with E-state index in [1.165, 1.54) is 12.3 Å². The van der Waals surface area contributed by atoms with Gasteiger partial charge in [0.25, 0.3) is 11.8 Å². The molecular weight excluding hydrogens is 604 g/mol. The maximum Gasteiger partial charge on any atom is 0.417 e. The predicted octanol–water partition coefficient (Wildman–Crippen LogP) is 5.35. The minimum atomic E-state index is -4.66. The highest BCUT2D eigenvalue weighted by atomic mass is 35.5. The number of carbonyl (C=O) groups is 2. The summed E-state index contributed by atoms with van der Waals surface area (Å²) >= 11 is 13.2. The van der Waals surface area contributed by atoms with Crippen LogP contribution in [0.4, 0.5) is 24.7 Å². The number of carbonyl (C=O) groups excluding carboxylic acids is 2. The predicted molar refractivity (Wildman–Crippen MR) is 152 cm³/mol. The largest absolute Gasteiger partial charge is 0.417 e. The Morgan fingerprint density at radius 3 is 2.59 bits per heavy atom. The zero-order valence-electron chi connectivity index (χ0n) is 21.9. The van der Waals surface area contributed by atoms with Gasteiger partial charge in [-0.25, -0.2) is 9.97 Å². The molecular formula is C26H27Cl2F3N6O3S. The Kier molecular flexibility index (Phi) is 10.4. The summed E-state index contributed by atoms with van der Waals surface area (Å²) in [4.78, 5) is 36.7. The molecule has 1 fully saturated rings. The summed E-state index contributed by atoms with van der Waals surface area (Å²) in [6, 6.07) is 3.10. The van der Waals surface area contributed by atoms with Crippen LogP contribution in [0.1, 0.15) is 43.1 Å². The number of hydrogen-bond acceptors (Lipinski definition) is 8. The molecule has 0 atom stereocenters. The van der Waals surface area contributed by atoms with Crippen LogP contribution in [0.5, 0.6) is 0 Å². The Balaban J connectivity index is 1.37. The van der Waals surface area contributed by atoms with Crippen molar-refractivity contribution in [1.82, 2.24) is 20.2 Å². The Labute approximate surface area is 248 Å². The second kappa shape index (κ2) is 13.8. The third-order valence-corrected chi connectivity index (χ3v) is 7.93. The summed E-state index contributed by atoms with van der Waals surface area (Å²) in [7, 11) is 0. The number of halogens is 5. The van der Waals surface area contributed by atoms with E-state index in [0.717, 1.165) is 43.1 Å². The van der Waals surface area contributed by atoms with E-state index < -0.39 is 28.6 Å². The zero-order chi connectivity index (χ0) is 29.6. The number of amides is 2. The standard InChI is InChI=1S/C26H27Cl2F3N6O3S/c1-2-15-12-34-23(32-5-6-37-7-9-40-10-8-37)22(28)21(15)25(39)35-14-20-33-13-19(41-20)24(38)36-16-3-4-18(27)17(11-16)26(29,30)31/h3-4,11-13H,2,5-10,14H2,1H3,(H,32,34)(H,35,39)(H,36,38). The highest BCUT2D eigenvalue weighted by Gasteiger charge is 2.33. The maximum atomic E-state index is 13.1.